The number of carboxylic acid groups (broad SMARTS) is 2. The van der Waals surface area contributed by atoms with Crippen LogP contribution in [-0.4, -0.2) is 22.2 Å². The fraction of sp³-hybridized carbons (Fsp3) is 0.833. The van der Waals surface area contributed by atoms with Crippen molar-refractivity contribution >= 4 is 11.9 Å². The van der Waals surface area contributed by atoms with Gasteiger partial charge in [0, 0.05) is 6.42 Å². The molecular weight excluding hydrogens is 208 g/mol. The molecule has 0 saturated heterocycles. The van der Waals surface area contributed by atoms with Crippen LogP contribution in [0.4, 0.5) is 0 Å². The molecule has 16 heavy (non-hydrogen) atoms. The zero-order valence-electron chi connectivity index (χ0n) is 10.7. The Labute approximate surface area is 97.7 Å². The third-order valence-electron chi connectivity index (χ3n) is 2.00. The van der Waals surface area contributed by atoms with E-state index in [2.05, 4.69) is 6.92 Å². The van der Waals surface area contributed by atoms with Gasteiger partial charge < -0.3 is 10.2 Å². The molecule has 0 aliphatic heterocycles. The lowest BCUT2D eigenvalue weighted by Crippen LogP contribution is -2.08. The minimum atomic E-state index is -0.713. The van der Waals surface area contributed by atoms with Gasteiger partial charge in [-0.2, -0.15) is 0 Å². The first-order valence-corrected chi connectivity index (χ1v) is 5.75. The third-order valence-corrected chi connectivity index (χ3v) is 2.00. The number of carboxylic acids is 2. The summed E-state index contributed by atoms with van der Waals surface area (Å²) in [5.41, 5.74) is 0. The van der Waals surface area contributed by atoms with Crippen molar-refractivity contribution in [3.8, 4) is 0 Å². The summed E-state index contributed by atoms with van der Waals surface area (Å²) >= 11 is 0. The molecule has 1 unspecified atom stereocenters. The van der Waals surface area contributed by atoms with Gasteiger partial charge >= 0.3 is 11.9 Å². The molecule has 4 nitrogen and oxygen atoms in total. The van der Waals surface area contributed by atoms with Crippen molar-refractivity contribution in [1.29, 1.82) is 0 Å². The summed E-state index contributed by atoms with van der Waals surface area (Å²) in [7, 11) is 0. The lowest BCUT2D eigenvalue weighted by atomic mass is 10.1. The van der Waals surface area contributed by atoms with E-state index in [-0.39, 0.29) is 18.3 Å². The quantitative estimate of drug-likeness (QED) is 0.738. The lowest BCUT2D eigenvalue weighted by molar-refractivity contribution is -0.141. The summed E-state index contributed by atoms with van der Waals surface area (Å²) in [4.78, 5) is 20.0. The number of aliphatic carboxylic acids is 2. The van der Waals surface area contributed by atoms with E-state index in [1.165, 1.54) is 0 Å². The highest BCUT2D eigenvalue weighted by Gasteiger charge is 2.08. The Bertz CT molecular complexity index is 199. The van der Waals surface area contributed by atoms with Gasteiger partial charge in [0.15, 0.2) is 0 Å². The monoisotopic (exact) mass is 232 g/mol. The Balaban J connectivity index is 0. The molecule has 0 heterocycles. The minimum Gasteiger partial charge on any atom is -0.481 e. The van der Waals surface area contributed by atoms with Crippen LogP contribution in [0.2, 0.25) is 0 Å². The molecule has 0 aliphatic rings. The highest BCUT2D eigenvalue weighted by molar-refractivity contribution is 5.69. The van der Waals surface area contributed by atoms with Crippen molar-refractivity contribution in [3.05, 3.63) is 0 Å². The lowest BCUT2D eigenvalue weighted by Gasteiger charge is -2.02. The summed E-state index contributed by atoms with van der Waals surface area (Å²) in [6, 6.07) is 0. The third kappa shape index (κ3) is 15.4. The van der Waals surface area contributed by atoms with Crippen molar-refractivity contribution in [3.63, 3.8) is 0 Å². The van der Waals surface area contributed by atoms with Gasteiger partial charge in [0.25, 0.3) is 0 Å². The maximum absolute atomic E-state index is 10.2. The molecule has 4 heteroatoms. The van der Waals surface area contributed by atoms with Gasteiger partial charge in [0.1, 0.15) is 0 Å². The molecule has 0 aromatic carbocycles. The molecule has 0 aromatic rings. The van der Waals surface area contributed by atoms with E-state index in [1.54, 1.807) is 6.92 Å². The number of carbonyl (C=O) groups is 2. The first kappa shape index (κ1) is 17.3. The zero-order valence-corrected chi connectivity index (χ0v) is 10.7. The fourth-order valence-corrected chi connectivity index (χ4v) is 0.983. The average Bonchev–Trinajstić information content (AvgIpc) is 2.12. The topological polar surface area (TPSA) is 74.6 Å². The molecule has 0 bridgehead atoms. The minimum absolute atomic E-state index is 0.162. The number of rotatable bonds is 6. The Morgan fingerprint density at radius 3 is 1.81 bits per heavy atom. The molecule has 2 N–H and O–H groups in total. The van der Waals surface area contributed by atoms with Crippen molar-refractivity contribution in [2.24, 2.45) is 11.8 Å². The number of unbranched alkanes of at least 4 members (excludes halogenated alkanes) is 1. The summed E-state index contributed by atoms with van der Waals surface area (Å²) in [6.45, 7) is 7.58. The first-order chi connectivity index (χ1) is 7.31. The number of hydrogen-bond donors (Lipinski definition) is 2. The van der Waals surface area contributed by atoms with Gasteiger partial charge in [-0.3, -0.25) is 9.59 Å². The van der Waals surface area contributed by atoms with Crippen molar-refractivity contribution < 1.29 is 19.8 Å². The van der Waals surface area contributed by atoms with Crippen LogP contribution in [0, 0.1) is 11.8 Å². The number of hydrogen-bond acceptors (Lipinski definition) is 2. The maximum Gasteiger partial charge on any atom is 0.306 e. The standard InChI is InChI=1S/C7H14O2.C5H10O2/c1-3-4-5-6(2)7(8)9;1-4(2)3-5(6)7/h6H,3-5H2,1-2H3,(H,8,9);4H,3H2,1-2H3,(H,6,7). The van der Waals surface area contributed by atoms with Crippen LogP contribution in [-0.2, 0) is 9.59 Å². The Kier molecular flexibility index (Phi) is 11.3. The normalized spacial score (nSPS) is 11.6. The van der Waals surface area contributed by atoms with Crippen LogP contribution in [0.3, 0.4) is 0 Å². The largest absolute Gasteiger partial charge is 0.481 e. The van der Waals surface area contributed by atoms with E-state index in [4.69, 9.17) is 10.2 Å². The predicted octanol–water partition coefficient (Wildman–Crippen LogP) is 3.01. The highest BCUT2D eigenvalue weighted by Crippen LogP contribution is 2.06. The van der Waals surface area contributed by atoms with E-state index in [0.717, 1.165) is 19.3 Å². The molecular formula is C12H24O4. The van der Waals surface area contributed by atoms with E-state index < -0.39 is 11.9 Å². The second-order valence-electron chi connectivity index (χ2n) is 4.37. The molecule has 0 rings (SSSR count). The SMILES string of the molecule is CC(C)CC(=O)O.CCCCC(C)C(=O)O. The van der Waals surface area contributed by atoms with E-state index in [1.807, 2.05) is 13.8 Å². The van der Waals surface area contributed by atoms with Crippen molar-refractivity contribution in [2.75, 3.05) is 0 Å². The maximum atomic E-state index is 10.2. The summed E-state index contributed by atoms with van der Waals surface area (Å²) in [6.07, 6.45) is 3.19. The van der Waals surface area contributed by atoms with Crippen LogP contribution in [0.25, 0.3) is 0 Å². The van der Waals surface area contributed by atoms with Gasteiger partial charge in [0.05, 0.1) is 5.92 Å². The molecule has 0 saturated carbocycles. The molecule has 0 radical (unpaired) electrons. The molecule has 0 amide bonds. The summed E-state index contributed by atoms with van der Waals surface area (Å²) in [5, 5.41) is 16.5. The van der Waals surface area contributed by atoms with Gasteiger partial charge in [-0.15, -0.1) is 0 Å². The zero-order chi connectivity index (χ0) is 13.1. The van der Waals surface area contributed by atoms with Crippen LogP contribution < -0.4 is 0 Å². The second-order valence-corrected chi connectivity index (χ2v) is 4.37. The highest BCUT2D eigenvalue weighted by atomic mass is 16.4. The molecule has 0 aromatic heterocycles. The molecule has 0 fully saturated rings. The van der Waals surface area contributed by atoms with E-state index in [0.29, 0.717) is 0 Å². The van der Waals surface area contributed by atoms with Gasteiger partial charge in [-0.05, 0) is 12.3 Å². The summed E-state index contributed by atoms with van der Waals surface area (Å²) in [5.74, 6) is -1.28. The molecule has 96 valence electrons. The van der Waals surface area contributed by atoms with E-state index >= 15 is 0 Å². The predicted molar refractivity (Wildman–Crippen MR) is 63.4 cm³/mol. The van der Waals surface area contributed by atoms with Gasteiger partial charge in [-0.1, -0.05) is 40.5 Å². The average molecular weight is 232 g/mol. The molecule has 0 aliphatic carbocycles. The Morgan fingerprint density at radius 2 is 1.62 bits per heavy atom. The molecule has 0 spiro atoms. The van der Waals surface area contributed by atoms with Crippen LogP contribution in [0.5, 0.6) is 0 Å². The van der Waals surface area contributed by atoms with Crippen LogP contribution >= 0.6 is 0 Å². The first-order valence-electron chi connectivity index (χ1n) is 5.75. The van der Waals surface area contributed by atoms with Crippen LogP contribution in [0.15, 0.2) is 0 Å². The Morgan fingerprint density at radius 1 is 1.12 bits per heavy atom. The van der Waals surface area contributed by atoms with Gasteiger partial charge in [0.2, 0.25) is 0 Å². The Hall–Kier alpha value is -1.06. The van der Waals surface area contributed by atoms with Gasteiger partial charge in [-0.25, -0.2) is 0 Å². The van der Waals surface area contributed by atoms with E-state index in [9.17, 15) is 9.59 Å². The van der Waals surface area contributed by atoms with Crippen LogP contribution in [0.1, 0.15) is 53.4 Å². The fourth-order valence-electron chi connectivity index (χ4n) is 0.983. The second kappa shape index (κ2) is 10.5. The smallest absolute Gasteiger partial charge is 0.306 e. The molecule has 1 atom stereocenters. The van der Waals surface area contributed by atoms with Crippen molar-refractivity contribution in [1.82, 2.24) is 0 Å². The summed E-state index contributed by atoms with van der Waals surface area (Å²) < 4.78 is 0. The van der Waals surface area contributed by atoms with Crippen molar-refractivity contribution in [2.45, 2.75) is 53.4 Å².